The number of rotatable bonds is 7. The summed E-state index contributed by atoms with van der Waals surface area (Å²) in [6, 6.07) is 17.8. The van der Waals surface area contributed by atoms with E-state index in [4.69, 9.17) is 14.5 Å². The highest BCUT2D eigenvalue weighted by molar-refractivity contribution is 5.82. The summed E-state index contributed by atoms with van der Waals surface area (Å²) in [5.74, 6) is 0.468. The molecule has 9 nitrogen and oxygen atoms in total. The van der Waals surface area contributed by atoms with Crippen molar-refractivity contribution in [2.75, 3.05) is 32.6 Å². The zero-order chi connectivity index (χ0) is 26.7. The van der Waals surface area contributed by atoms with E-state index in [1.165, 1.54) is 17.0 Å². The van der Waals surface area contributed by atoms with Crippen molar-refractivity contribution in [2.24, 2.45) is 5.41 Å². The Morgan fingerprint density at radius 2 is 1.79 bits per heavy atom. The van der Waals surface area contributed by atoms with Gasteiger partial charge in [-0.25, -0.2) is 19.3 Å². The first-order valence-corrected chi connectivity index (χ1v) is 12.2. The summed E-state index contributed by atoms with van der Waals surface area (Å²) >= 11 is 0. The molecule has 4 aromatic rings. The number of H-pyrrole nitrogens is 1. The Kier molecular flexibility index (Phi) is 7.17. The Morgan fingerprint density at radius 1 is 1.08 bits per heavy atom. The molecule has 2 aromatic carbocycles. The van der Waals surface area contributed by atoms with E-state index in [-0.39, 0.29) is 24.9 Å². The van der Waals surface area contributed by atoms with Crippen LogP contribution in [0.5, 0.6) is 0 Å². The second-order valence-electron chi connectivity index (χ2n) is 9.67. The van der Waals surface area contributed by atoms with Crippen LogP contribution in [0.4, 0.5) is 10.3 Å². The van der Waals surface area contributed by atoms with Crippen LogP contribution in [-0.2, 0) is 20.8 Å². The number of hydrogen-bond acceptors (Lipinski definition) is 7. The molecule has 2 N–H and O–H groups in total. The van der Waals surface area contributed by atoms with Crippen LogP contribution in [0.3, 0.4) is 0 Å². The predicted octanol–water partition coefficient (Wildman–Crippen LogP) is 4.42. The monoisotopic (exact) mass is 516 g/mol. The van der Waals surface area contributed by atoms with Crippen LogP contribution < -0.4 is 5.32 Å². The quantitative estimate of drug-likeness (QED) is 0.375. The summed E-state index contributed by atoms with van der Waals surface area (Å²) in [6.07, 6.45) is 0.861. The molecular formula is C28H29FN6O3. The summed E-state index contributed by atoms with van der Waals surface area (Å²) in [5.41, 5.74) is 2.78. The molecular weight excluding hydrogens is 487 g/mol. The summed E-state index contributed by atoms with van der Waals surface area (Å²) in [7, 11) is 3.41. The number of halogens is 1. The normalized spacial score (nSPS) is 19.2. The minimum absolute atomic E-state index is 0.0698. The fraction of sp³-hybridized carbons (Fsp3) is 0.286. The molecule has 10 heteroatoms. The molecule has 0 aliphatic carbocycles. The molecule has 1 aliphatic heterocycles. The maximum Gasteiger partial charge on any atom is 0.232 e. The van der Waals surface area contributed by atoms with Crippen molar-refractivity contribution in [3.05, 3.63) is 84.1 Å². The van der Waals surface area contributed by atoms with Crippen molar-refractivity contribution in [2.45, 2.75) is 19.8 Å². The third-order valence-corrected chi connectivity index (χ3v) is 6.30. The number of aromatic nitrogens is 4. The molecule has 1 saturated heterocycles. The van der Waals surface area contributed by atoms with Crippen molar-refractivity contribution in [1.29, 1.82) is 0 Å². The molecule has 0 spiro atoms. The highest BCUT2D eigenvalue weighted by atomic mass is 19.1. The Morgan fingerprint density at radius 3 is 2.47 bits per heavy atom. The van der Waals surface area contributed by atoms with Gasteiger partial charge in [0.2, 0.25) is 18.1 Å². The maximum atomic E-state index is 13.7. The van der Waals surface area contributed by atoms with Crippen LogP contribution in [0.25, 0.3) is 22.6 Å². The molecule has 0 unspecified atom stereocenters. The first kappa shape index (κ1) is 25.5. The number of amides is 1. The smallest absolute Gasteiger partial charge is 0.232 e. The van der Waals surface area contributed by atoms with Gasteiger partial charge in [0.05, 0.1) is 35.7 Å². The maximum absolute atomic E-state index is 13.7. The largest absolute Gasteiger partial charge is 0.350 e. The zero-order valence-electron chi connectivity index (χ0n) is 21.4. The van der Waals surface area contributed by atoms with E-state index in [0.717, 1.165) is 5.56 Å². The average molecular weight is 517 g/mol. The number of carbonyl (C=O) groups is 1. The molecule has 3 heterocycles. The molecule has 0 saturated carbocycles. The van der Waals surface area contributed by atoms with E-state index >= 15 is 0 Å². The van der Waals surface area contributed by atoms with Gasteiger partial charge in [-0.2, -0.15) is 0 Å². The molecule has 1 fully saturated rings. The molecule has 196 valence electrons. The van der Waals surface area contributed by atoms with Gasteiger partial charge in [0, 0.05) is 32.4 Å². The molecule has 38 heavy (non-hydrogen) atoms. The van der Waals surface area contributed by atoms with Crippen LogP contribution in [0.15, 0.2) is 66.9 Å². The molecule has 0 radical (unpaired) electrons. The van der Waals surface area contributed by atoms with Gasteiger partial charge in [0.15, 0.2) is 5.82 Å². The van der Waals surface area contributed by atoms with Gasteiger partial charge in [-0.15, -0.1) is 0 Å². The van der Waals surface area contributed by atoms with E-state index in [9.17, 15) is 9.18 Å². The van der Waals surface area contributed by atoms with Gasteiger partial charge in [0.25, 0.3) is 0 Å². The van der Waals surface area contributed by atoms with Gasteiger partial charge < -0.3 is 24.7 Å². The molecule has 0 bridgehead atoms. The molecule has 0 atom stereocenters. The number of nitrogens with zero attached hydrogens (tertiary/aromatic N) is 4. The summed E-state index contributed by atoms with van der Waals surface area (Å²) in [6.45, 7) is 2.74. The molecule has 5 rings (SSSR count). The number of aromatic amines is 1. The summed E-state index contributed by atoms with van der Waals surface area (Å²) in [5, 5.41) is 3.25. The Hall–Kier alpha value is -4.15. The standard InChI is InChI=1S/C28H29FN6O3/c1-28(26(36)35(2)3)16-37-25(38-17-28)24-33-22(19-9-11-20(29)12-10-19)23(34-24)21-13-14-30-27(32-21)31-15-18-7-5-4-6-8-18/h4-14,25H,15-17H2,1-3H3,(H,33,34)(H,30,31,32). The molecule has 1 aliphatic rings. The lowest BCUT2D eigenvalue weighted by atomic mass is 9.90. The van der Waals surface area contributed by atoms with E-state index in [1.807, 2.05) is 37.3 Å². The Bertz CT molecular complexity index is 1400. The summed E-state index contributed by atoms with van der Waals surface area (Å²) in [4.78, 5) is 31.2. The van der Waals surface area contributed by atoms with Crippen molar-refractivity contribution in [3.63, 3.8) is 0 Å². The van der Waals surface area contributed by atoms with E-state index < -0.39 is 11.7 Å². The topological polar surface area (TPSA) is 105 Å². The lowest BCUT2D eigenvalue weighted by Gasteiger charge is -2.36. The summed E-state index contributed by atoms with van der Waals surface area (Å²) < 4.78 is 25.6. The number of nitrogens with one attached hydrogen (secondary N) is 2. The van der Waals surface area contributed by atoms with Gasteiger partial charge in [-0.05, 0) is 42.8 Å². The fourth-order valence-electron chi connectivity index (χ4n) is 4.30. The first-order chi connectivity index (χ1) is 18.3. The minimum Gasteiger partial charge on any atom is -0.350 e. The van der Waals surface area contributed by atoms with Crippen LogP contribution in [0, 0.1) is 11.2 Å². The predicted molar refractivity (Wildman–Crippen MR) is 140 cm³/mol. The molecule has 2 aromatic heterocycles. The highest BCUT2D eigenvalue weighted by Gasteiger charge is 2.41. The third-order valence-electron chi connectivity index (χ3n) is 6.30. The van der Waals surface area contributed by atoms with Gasteiger partial charge in [0.1, 0.15) is 5.82 Å². The van der Waals surface area contributed by atoms with Gasteiger partial charge >= 0.3 is 0 Å². The highest BCUT2D eigenvalue weighted by Crippen LogP contribution is 2.36. The number of imidazole rings is 1. The second-order valence-corrected chi connectivity index (χ2v) is 9.67. The van der Waals surface area contributed by atoms with Gasteiger partial charge in [-0.3, -0.25) is 4.79 Å². The van der Waals surface area contributed by atoms with Crippen molar-refractivity contribution >= 4 is 11.9 Å². The SMILES string of the molecule is CN(C)C(=O)C1(C)COC(c2nc(-c3ccc(F)cc3)c(-c3ccnc(NCc4ccccc4)n3)[nH]2)OC1. The van der Waals surface area contributed by atoms with Crippen LogP contribution >= 0.6 is 0 Å². The first-order valence-electron chi connectivity index (χ1n) is 12.2. The molecule has 1 amide bonds. The fourth-order valence-corrected chi connectivity index (χ4v) is 4.30. The number of benzene rings is 2. The minimum atomic E-state index is -0.802. The number of carbonyl (C=O) groups excluding carboxylic acids is 1. The van der Waals surface area contributed by atoms with Gasteiger partial charge in [-0.1, -0.05) is 30.3 Å². The van der Waals surface area contributed by atoms with Crippen molar-refractivity contribution in [3.8, 4) is 22.6 Å². The Balaban J connectivity index is 1.44. The average Bonchev–Trinajstić information content (AvgIpc) is 3.38. The lowest BCUT2D eigenvalue weighted by Crippen LogP contribution is -2.48. The van der Waals surface area contributed by atoms with Crippen LogP contribution in [0.2, 0.25) is 0 Å². The van der Waals surface area contributed by atoms with Crippen molar-refractivity contribution in [1.82, 2.24) is 24.8 Å². The van der Waals surface area contributed by atoms with E-state index in [1.54, 1.807) is 38.5 Å². The number of ether oxygens (including phenoxy) is 2. The second kappa shape index (κ2) is 10.7. The third kappa shape index (κ3) is 5.41. The Labute approximate surface area is 220 Å². The van der Waals surface area contributed by atoms with Crippen molar-refractivity contribution < 1.29 is 18.7 Å². The van der Waals surface area contributed by atoms with Crippen LogP contribution in [0.1, 0.15) is 24.6 Å². The zero-order valence-corrected chi connectivity index (χ0v) is 21.4. The lowest BCUT2D eigenvalue weighted by molar-refractivity contribution is -0.233. The van der Waals surface area contributed by atoms with Crippen LogP contribution in [-0.4, -0.2) is 58.1 Å². The van der Waals surface area contributed by atoms with E-state index in [2.05, 4.69) is 20.3 Å². The van der Waals surface area contributed by atoms with E-state index in [0.29, 0.717) is 41.0 Å². The number of hydrogen-bond donors (Lipinski definition) is 2. The number of anilines is 1.